The van der Waals surface area contributed by atoms with Gasteiger partial charge in [0.1, 0.15) is 11.2 Å². The third-order valence-corrected chi connectivity index (χ3v) is 12.3. The summed E-state index contributed by atoms with van der Waals surface area (Å²) >= 11 is 0. The van der Waals surface area contributed by atoms with Crippen LogP contribution in [0.3, 0.4) is 0 Å². The molecular formula is C56H34N4O. The summed E-state index contributed by atoms with van der Waals surface area (Å²) in [6.45, 7) is 0. The quantitative estimate of drug-likeness (QED) is 0.175. The second-order valence-electron chi connectivity index (χ2n) is 15.7. The molecule has 0 aliphatic heterocycles. The van der Waals surface area contributed by atoms with Gasteiger partial charge in [-0.2, -0.15) is 0 Å². The van der Waals surface area contributed by atoms with E-state index in [-0.39, 0.29) is 0 Å². The molecule has 0 radical (unpaired) electrons. The summed E-state index contributed by atoms with van der Waals surface area (Å²) in [4.78, 5) is 10.3. The summed E-state index contributed by atoms with van der Waals surface area (Å²) in [5.74, 6) is 0.695. The van der Waals surface area contributed by atoms with Gasteiger partial charge in [0, 0.05) is 54.8 Å². The molecule has 0 N–H and O–H groups in total. The Morgan fingerprint density at radius 1 is 0.344 bits per heavy atom. The summed E-state index contributed by atoms with van der Waals surface area (Å²) in [6, 6.07) is 73.0. The highest BCUT2D eigenvalue weighted by atomic mass is 16.3. The van der Waals surface area contributed by atoms with Crippen molar-refractivity contribution in [2.75, 3.05) is 0 Å². The molecule has 5 heteroatoms. The fourth-order valence-corrected chi connectivity index (χ4v) is 9.64. The molecule has 0 bridgehead atoms. The zero-order chi connectivity index (χ0) is 40.0. The topological polar surface area (TPSA) is 48.8 Å². The molecule has 0 atom stereocenters. The first-order valence-electron chi connectivity index (χ1n) is 20.7. The molecule has 0 saturated carbocycles. The average molecular weight is 779 g/mol. The molecule has 5 nitrogen and oxygen atoms in total. The molecule has 13 aromatic rings. The van der Waals surface area contributed by atoms with Crippen molar-refractivity contribution in [3.63, 3.8) is 0 Å². The lowest BCUT2D eigenvalue weighted by molar-refractivity contribution is 0.669. The SMILES string of the molecule is c1ccc(-c2cccc(-n3c4ccccc4c4c5c6ccc7oc8ccccc8c7c6n(-c6ccc(-c7nc(-c8ccccc8)c8ccccc8n7)cc6)c5ccc43)c2)cc1. The number of furan rings is 1. The van der Waals surface area contributed by atoms with Gasteiger partial charge in [0.25, 0.3) is 0 Å². The predicted octanol–water partition coefficient (Wildman–Crippen LogP) is 14.7. The van der Waals surface area contributed by atoms with Crippen molar-refractivity contribution < 1.29 is 4.42 Å². The van der Waals surface area contributed by atoms with E-state index in [0.717, 1.165) is 77.6 Å². The minimum Gasteiger partial charge on any atom is -0.456 e. The Kier molecular flexibility index (Phi) is 7.24. The molecule has 13 rings (SSSR count). The maximum Gasteiger partial charge on any atom is 0.160 e. The van der Waals surface area contributed by atoms with Crippen LogP contribution in [0, 0.1) is 0 Å². The molecule has 0 aliphatic carbocycles. The maximum absolute atomic E-state index is 6.54. The van der Waals surface area contributed by atoms with Crippen LogP contribution in [0.25, 0.3) is 122 Å². The van der Waals surface area contributed by atoms with Crippen LogP contribution in [0.2, 0.25) is 0 Å². The lowest BCUT2D eigenvalue weighted by Gasteiger charge is -2.12. The van der Waals surface area contributed by atoms with E-state index in [9.17, 15) is 0 Å². The molecule has 0 aliphatic rings. The second-order valence-corrected chi connectivity index (χ2v) is 15.7. The minimum absolute atomic E-state index is 0.695. The summed E-state index contributed by atoms with van der Waals surface area (Å²) < 4.78 is 11.4. The first-order chi connectivity index (χ1) is 30.3. The Morgan fingerprint density at radius 3 is 1.82 bits per heavy atom. The highest BCUT2D eigenvalue weighted by Crippen LogP contribution is 2.46. The van der Waals surface area contributed by atoms with E-state index >= 15 is 0 Å². The van der Waals surface area contributed by atoms with Crippen LogP contribution >= 0.6 is 0 Å². The zero-order valence-corrected chi connectivity index (χ0v) is 32.8. The van der Waals surface area contributed by atoms with Crippen molar-refractivity contribution in [1.82, 2.24) is 19.1 Å². The monoisotopic (exact) mass is 778 g/mol. The number of hydrogen-bond donors (Lipinski definition) is 0. The highest BCUT2D eigenvalue weighted by molar-refractivity contribution is 6.33. The van der Waals surface area contributed by atoms with Crippen LogP contribution in [-0.2, 0) is 0 Å². The van der Waals surface area contributed by atoms with Gasteiger partial charge in [-0.1, -0.05) is 127 Å². The fourth-order valence-electron chi connectivity index (χ4n) is 9.64. The van der Waals surface area contributed by atoms with Crippen LogP contribution < -0.4 is 0 Å². The number of nitrogens with zero attached hydrogens (tertiary/aromatic N) is 4. The van der Waals surface area contributed by atoms with E-state index in [0.29, 0.717) is 5.82 Å². The summed E-state index contributed by atoms with van der Waals surface area (Å²) in [5, 5.41) is 8.06. The first kappa shape index (κ1) is 33.7. The molecule has 61 heavy (non-hydrogen) atoms. The molecule has 9 aromatic carbocycles. The molecular weight excluding hydrogens is 745 g/mol. The van der Waals surface area contributed by atoms with E-state index in [4.69, 9.17) is 14.4 Å². The van der Waals surface area contributed by atoms with Gasteiger partial charge in [-0.25, -0.2) is 9.97 Å². The number of fused-ring (bicyclic) bond motifs is 12. The summed E-state index contributed by atoms with van der Waals surface area (Å²) in [5.41, 5.74) is 14.7. The first-order valence-corrected chi connectivity index (χ1v) is 20.7. The zero-order valence-electron chi connectivity index (χ0n) is 32.8. The van der Waals surface area contributed by atoms with Gasteiger partial charge in [-0.15, -0.1) is 0 Å². The lowest BCUT2D eigenvalue weighted by Crippen LogP contribution is -1.97. The van der Waals surface area contributed by atoms with Crippen molar-refractivity contribution in [2.45, 2.75) is 0 Å². The van der Waals surface area contributed by atoms with Crippen molar-refractivity contribution in [3.8, 4) is 45.1 Å². The fraction of sp³-hybridized carbons (Fsp3) is 0. The van der Waals surface area contributed by atoms with Crippen LogP contribution in [0.5, 0.6) is 0 Å². The van der Waals surface area contributed by atoms with Gasteiger partial charge in [0.15, 0.2) is 5.82 Å². The lowest BCUT2D eigenvalue weighted by atomic mass is 10.0. The Hall–Kier alpha value is -8.28. The van der Waals surface area contributed by atoms with E-state index in [1.807, 2.05) is 24.3 Å². The van der Waals surface area contributed by atoms with Crippen molar-refractivity contribution >= 4 is 76.5 Å². The van der Waals surface area contributed by atoms with E-state index in [1.165, 1.54) is 38.2 Å². The molecule has 0 fully saturated rings. The normalized spacial score (nSPS) is 11.9. The number of hydrogen-bond acceptors (Lipinski definition) is 3. The molecule has 4 heterocycles. The van der Waals surface area contributed by atoms with Gasteiger partial charge in [-0.3, -0.25) is 0 Å². The van der Waals surface area contributed by atoms with E-state index in [2.05, 4.69) is 191 Å². The molecule has 0 spiro atoms. The number of rotatable bonds is 5. The molecule has 284 valence electrons. The molecule has 0 amide bonds. The van der Waals surface area contributed by atoms with Crippen LogP contribution in [0.1, 0.15) is 0 Å². The van der Waals surface area contributed by atoms with Gasteiger partial charge in [-0.05, 0) is 90.0 Å². The number of para-hydroxylation sites is 3. The van der Waals surface area contributed by atoms with Crippen molar-refractivity contribution in [3.05, 3.63) is 206 Å². The standard InChI is InChI=1S/C56H34N4O/c1-3-14-35(15-4-1)38-18-13-19-40(34-38)59-46-24-11-8-21-42(46)51-47(59)31-32-48-52(51)44-30-33-50-53(43-22-9-12-25-49(43)61-50)55(44)60(48)39-28-26-37(27-29-39)56-57-45-23-10-7-20-41(45)54(58-56)36-16-5-2-6-17-36/h1-34H. The third-order valence-electron chi connectivity index (χ3n) is 12.3. The Balaban J connectivity index is 1.08. The highest BCUT2D eigenvalue weighted by Gasteiger charge is 2.24. The second kappa shape index (κ2) is 13.1. The predicted molar refractivity (Wildman–Crippen MR) is 252 cm³/mol. The van der Waals surface area contributed by atoms with Crippen LogP contribution in [0.4, 0.5) is 0 Å². The maximum atomic E-state index is 6.54. The molecule has 0 unspecified atom stereocenters. The van der Waals surface area contributed by atoms with Gasteiger partial charge < -0.3 is 13.6 Å². The molecule has 0 saturated heterocycles. The van der Waals surface area contributed by atoms with E-state index in [1.54, 1.807) is 0 Å². The number of benzene rings is 9. The Bertz CT molecular complexity index is 3860. The van der Waals surface area contributed by atoms with Crippen LogP contribution in [0.15, 0.2) is 211 Å². The average Bonchev–Trinajstić information content (AvgIpc) is 3.99. The van der Waals surface area contributed by atoms with Crippen molar-refractivity contribution in [1.29, 1.82) is 0 Å². The summed E-state index contributed by atoms with van der Waals surface area (Å²) in [7, 11) is 0. The smallest absolute Gasteiger partial charge is 0.160 e. The van der Waals surface area contributed by atoms with Gasteiger partial charge in [0.05, 0.1) is 38.7 Å². The minimum atomic E-state index is 0.695. The van der Waals surface area contributed by atoms with Crippen LogP contribution in [-0.4, -0.2) is 19.1 Å². The molecule has 4 aromatic heterocycles. The van der Waals surface area contributed by atoms with E-state index < -0.39 is 0 Å². The van der Waals surface area contributed by atoms with Gasteiger partial charge >= 0.3 is 0 Å². The largest absolute Gasteiger partial charge is 0.456 e. The summed E-state index contributed by atoms with van der Waals surface area (Å²) in [6.07, 6.45) is 0. The third kappa shape index (κ3) is 5.08. The number of aromatic nitrogens is 4. The van der Waals surface area contributed by atoms with Crippen molar-refractivity contribution in [2.24, 2.45) is 0 Å². The van der Waals surface area contributed by atoms with Gasteiger partial charge in [0.2, 0.25) is 0 Å². The Labute approximate surface area is 350 Å². The Morgan fingerprint density at radius 2 is 1.00 bits per heavy atom.